The van der Waals surface area contributed by atoms with Crippen LogP contribution in [0.3, 0.4) is 0 Å². The third-order valence-electron chi connectivity index (χ3n) is 2.82. The van der Waals surface area contributed by atoms with Gasteiger partial charge in [-0.3, -0.25) is 4.79 Å². The van der Waals surface area contributed by atoms with Gasteiger partial charge >= 0.3 is 0 Å². The second kappa shape index (κ2) is 4.45. The second-order valence-electron chi connectivity index (χ2n) is 4.10. The SMILES string of the molecule is Cn1cc(Br)cc1C(=O)N1CCS(=O)(=O)CC1. The van der Waals surface area contributed by atoms with Crippen molar-refractivity contribution in [1.29, 1.82) is 0 Å². The monoisotopic (exact) mass is 320 g/mol. The first kappa shape index (κ1) is 12.6. The van der Waals surface area contributed by atoms with Crippen molar-refractivity contribution in [2.24, 2.45) is 7.05 Å². The predicted molar refractivity (Wildman–Crippen MR) is 67.7 cm³/mol. The maximum absolute atomic E-state index is 12.1. The quantitative estimate of drug-likeness (QED) is 0.763. The van der Waals surface area contributed by atoms with E-state index in [1.807, 2.05) is 0 Å². The molecule has 2 heterocycles. The highest BCUT2D eigenvalue weighted by Crippen LogP contribution is 2.16. The minimum Gasteiger partial charge on any atom is -0.345 e. The summed E-state index contributed by atoms with van der Waals surface area (Å²) in [5.74, 6) is 0.00221. The Hall–Kier alpha value is -0.820. The average Bonchev–Trinajstić information content (AvgIpc) is 2.57. The Bertz CT molecular complexity index is 536. The van der Waals surface area contributed by atoms with Crippen LogP contribution >= 0.6 is 15.9 Å². The van der Waals surface area contributed by atoms with Crippen molar-refractivity contribution in [3.8, 4) is 0 Å². The molecule has 17 heavy (non-hydrogen) atoms. The summed E-state index contributed by atoms with van der Waals surface area (Å²) in [5.41, 5.74) is 0.566. The number of halogens is 1. The molecule has 5 nitrogen and oxygen atoms in total. The minimum absolute atomic E-state index is 0.0599. The Morgan fingerprint density at radius 3 is 2.41 bits per heavy atom. The summed E-state index contributed by atoms with van der Waals surface area (Å²) in [7, 11) is -1.16. The van der Waals surface area contributed by atoms with E-state index in [1.165, 1.54) is 0 Å². The zero-order chi connectivity index (χ0) is 12.6. The van der Waals surface area contributed by atoms with Crippen LogP contribution in [0, 0.1) is 0 Å². The molecule has 0 aromatic carbocycles. The molecule has 1 aliphatic heterocycles. The normalized spacial score (nSPS) is 19.3. The lowest BCUT2D eigenvalue weighted by Gasteiger charge is -2.26. The van der Waals surface area contributed by atoms with E-state index in [9.17, 15) is 13.2 Å². The summed E-state index contributed by atoms with van der Waals surface area (Å²) in [6.45, 7) is 0.563. The molecule has 2 rings (SSSR count). The fourth-order valence-corrected chi connectivity index (χ4v) is 3.54. The Balaban J connectivity index is 2.14. The molecule has 0 bridgehead atoms. The van der Waals surface area contributed by atoms with Crippen molar-refractivity contribution < 1.29 is 13.2 Å². The van der Waals surface area contributed by atoms with Crippen LogP contribution in [-0.4, -0.2) is 48.4 Å². The van der Waals surface area contributed by atoms with Gasteiger partial charge in [-0.25, -0.2) is 8.42 Å². The van der Waals surface area contributed by atoms with E-state index in [-0.39, 0.29) is 30.5 Å². The van der Waals surface area contributed by atoms with Crippen LogP contribution < -0.4 is 0 Å². The highest BCUT2D eigenvalue weighted by atomic mass is 79.9. The van der Waals surface area contributed by atoms with Gasteiger partial charge in [0.2, 0.25) is 0 Å². The molecule has 0 radical (unpaired) electrons. The molecule has 1 aromatic heterocycles. The largest absolute Gasteiger partial charge is 0.345 e. The van der Waals surface area contributed by atoms with Gasteiger partial charge < -0.3 is 9.47 Å². The lowest BCUT2D eigenvalue weighted by Crippen LogP contribution is -2.44. The number of sulfone groups is 1. The molecule has 1 fully saturated rings. The fraction of sp³-hybridized carbons (Fsp3) is 0.500. The van der Waals surface area contributed by atoms with Gasteiger partial charge in [0.1, 0.15) is 5.69 Å². The standard InChI is InChI=1S/C10H13BrN2O3S/c1-12-7-8(11)6-9(12)10(14)13-2-4-17(15,16)5-3-13/h6-7H,2-5H2,1H3. The number of hydrogen-bond donors (Lipinski definition) is 0. The highest BCUT2D eigenvalue weighted by molar-refractivity contribution is 9.10. The molecule has 1 aromatic rings. The van der Waals surface area contributed by atoms with Crippen LogP contribution in [0.2, 0.25) is 0 Å². The number of nitrogens with zero attached hydrogens (tertiary/aromatic N) is 2. The molecule has 94 valence electrons. The van der Waals surface area contributed by atoms with Crippen LogP contribution in [0.5, 0.6) is 0 Å². The summed E-state index contributed by atoms with van der Waals surface area (Å²) < 4.78 is 25.1. The van der Waals surface area contributed by atoms with Crippen molar-refractivity contribution in [2.45, 2.75) is 0 Å². The first-order valence-corrected chi connectivity index (χ1v) is 7.82. The van der Waals surface area contributed by atoms with E-state index < -0.39 is 9.84 Å². The number of hydrogen-bond acceptors (Lipinski definition) is 3. The van der Waals surface area contributed by atoms with E-state index in [4.69, 9.17) is 0 Å². The summed E-state index contributed by atoms with van der Waals surface area (Å²) in [4.78, 5) is 13.7. The molecule has 0 spiro atoms. The minimum atomic E-state index is -2.95. The van der Waals surface area contributed by atoms with Crippen LogP contribution in [-0.2, 0) is 16.9 Å². The second-order valence-corrected chi connectivity index (χ2v) is 7.32. The predicted octanol–water partition coefficient (Wildman–Crippen LogP) is 0.658. The van der Waals surface area contributed by atoms with Gasteiger partial charge in [0.15, 0.2) is 9.84 Å². The Morgan fingerprint density at radius 2 is 1.94 bits per heavy atom. The van der Waals surface area contributed by atoms with E-state index in [2.05, 4.69) is 15.9 Å². The fourth-order valence-electron chi connectivity index (χ4n) is 1.81. The Kier molecular flexibility index (Phi) is 3.31. The van der Waals surface area contributed by atoms with Crippen molar-refractivity contribution in [1.82, 2.24) is 9.47 Å². The van der Waals surface area contributed by atoms with Gasteiger partial charge in [0.25, 0.3) is 5.91 Å². The number of amides is 1. The lowest BCUT2D eigenvalue weighted by atomic mass is 10.3. The first-order chi connectivity index (χ1) is 7.89. The molecule has 0 atom stereocenters. The average molecular weight is 321 g/mol. The molecule has 7 heteroatoms. The molecule has 0 unspecified atom stereocenters. The summed E-state index contributed by atoms with van der Waals surface area (Å²) in [6.07, 6.45) is 1.80. The maximum atomic E-state index is 12.1. The van der Waals surface area contributed by atoms with Gasteiger partial charge in [-0.1, -0.05) is 0 Å². The molecule has 1 amide bonds. The number of carbonyl (C=O) groups is 1. The zero-order valence-corrected chi connectivity index (χ0v) is 11.8. The third kappa shape index (κ3) is 2.71. The van der Waals surface area contributed by atoms with Gasteiger partial charge in [0.05, 0.1) is 11.5 Å². The van der Waals surface area contributed by atoms with Crippen LogP contribution in [0.25, 0.3) is 0 Å². The zero-order valence-electron chi connectivity index (χ0n) is 9.39. The summed E-state index contributed by atoms with van der Waals surface area (Å²) >= 11 is 3.31. The number of rotatable bonds is 1. The molecule has 0 N–H and O–H groups in total. The summed E-state index contributed by atoms with van der Waals surface area (Å²) in [5, 5.41) is 0. The van der Waals surface area contributed by atoms with Gasteiger partial charge in [-0.15, -0.1) is 0 Å². The number of aromatic nitrogens is 1. The topological polar surface area (TPSA) is 59.4 Å². The van der Waals surface area contributed by atoms with Crippen LogP contribution in [0.15, 0.2) is 16.7 Å². The molecule has 1 saturated heterocycles. The number of carbonyl (C=O) groups excluding carboxylic acids is 1. The van der Waals surface area contributed by atoms with Crippen LogP contribution in [0.4, 0.5) is 0 Å². The van der Waals surface area contributed by atoms with Crippen molar-refractivity contribution in [2.75, 3.05) is 24.6 Å². The van der Waals surface area contributed by atoms with E-state index in [1.54, 1.807) is 28.8 Å². The van der Waals surface area contributed by atoms with Crippen molar-refractivity contribution >= 4 is 31.7 Å². The lowest BCUT2D eigenvalue weighted by molar-refractivity contribution is 0.0761. The molecule has 0 saturated carbocycles. The number of aryl methyl sites for hydroxylation is 1. The Morgan fingerprint density at radius 1 is 1.35 bits per heavy atom. The first-order valence-electron chi connectivity index (χ1n) is 5.20. The molecule has 0 aliphatic carbocycles. The van der Waals surface area contributed by atoms with Gasteiger partial charge in [-0.2, -0.15) is 0 Å². The van der Waals surface area contributed by atoms with E-state index >= 15 is 0 Å². The van der Waals surface area contributed by atoms with Crippen molar-refractivity contribution in [3.63, 3.8) is 0 Å². The molecular weight excluding hydrogens is 308 g/mol. The Labute approximate surface area is 108 Å². The van der Waals surface area contributed by atoms with Gasteiger partial charge in [0, 0.05) is 30.8 Å². The maximum Gasteiger partial charge on any atom is 0.270 e. The van der Waals surface area contributed by atoms with Crippen molar-refractivity contribution in [3.05, 3.63) is 22.4 Å². The summed E-state index contributed by atoms with van der Waals surface area (Å²) in [6, 6.07) is 1.74. The smallest absolute Gasteiger partial charge is 0.270 e. The highest BCUT2D eigenvalue weighted by Gasteiger charge is 2.26. The van der Waals surface area contributed by atoms with E-state index in [0.29, 0.717) is 5.69 Å². The van der Waals surface area contributed by atoms with E-state index in [0.717, 1.165) is 4.47 Å². The molecular formula is C10H13BrN2O3S. The van der Waals surface area contributed by atoms with Crippen LogP contribution in [0.1, 0.15) is 10.5 Å². The third-order valence-corrected chi connectivity index (χ3v) is 4.87. The molecule has 1 aliphatic rings. The van der Waals surface area contributed by atoms with Gasteiger partial charge in [-0.05, 0) is 22.0 Å².